The highest BCUT2D eigenvalue weighted by Gasteiger charge is 2.22. The molecule has 0 bridgehead atoms. The average molecular weight is 289 g/mol. The van der Waals surface area contributed by atoms with E-state index in [1.54, 1.807) is 18.1 Å². The maximum absolute atomic E-state index is 8.64. The summed E-state index contributed by atoms with van der Waals surface area (Å²) in [7, 11) is 0. The molecule has 2 aromatic heterocycles. The Morgan fingerprint density at radius 2 is 2.42 bits per heavy atom. The fraction of sp³-hybridized carbons (Fsp3) is 0.500. The summed E-state index contributed by atoms with van der Waals surface area (Å²) in [6.45, 7) is 2.32. The zero-order valence-electron chi connectivity index (χ0n) is 10.8. The highest BCUT2D eigenvalue weighted by molar-refractivity contribution is 7.99. The van der Waals surface area contributed by atoms with Crippen molar-refractivity contribution in [1.29, 1.82) is 5.26 Å². The number of thiophene rings is 1. The van der Waals surface area contributed by atoms with Gasteiger partial charge in [0.15, 0.2) is 0 Å². The van der Waals surface area contributed by atoms with Crippen molar-refractivity contribution in [2.45, 2.75) is 37.6 Å². The minimum absolute atomic E-state index is 0.569. The third-order valence-electron chi connectivity index (χ3n) is 3.51. The number of rotatable bonds is 3. The molecule has 98 valence electrons. The van der Waals surface area contributed by atoms with E-state index in [0.717, 1.165) is 27.9 Å². The highest BCUT2D eigenvalue weighted by Crippen LogP contribution is 2.40. The molecule has 2 heterocycles. The van der Waals surface area contributed by atoms with Crippen LogP contribution in [-0.4, -0.2) is 15.7 Å². The Hall–Kier alpha value is -1.12. The standard InChI is InChI=1S/C14H15N3S2/c1-9-3-4-10-11(7-9)19-14-12(10)13(16-8-17-14)18-6-2-5-15/h8-9H,2-4,6-7H2,1H3. The minimum atomic E-state index is 0.569. The topological polar surface area (TPSA) is 49.6 Å². The molecule has 3 nitrogen and oxygen atoms in total. The van der Waals surface area contributed by atoms with Crippen molar-refractivity contribution in [3.63, 3.8) is 0 Å². The second kappa shape index (κ2) is 5.48. The van der Waals surface area contributed by atoms with Crippen molar-refractivity contribution >= 4 is 33.3 Å². The summed E-state index contributed by atoms with van der Waals surface area (Å²) in [5.41, 5.74) is 1.47. The Kier molecular flexibility index (Phi) is 3.72. The molecule has 0 fully saturated rings. The second-order valence-corrected chi connectivity index (χ2v) is 7.13. The fourth-order valence-corrected chi connectivity index (χ4v) is 4.84. The van der Waals surface area contributed by atoms with Gasteiger partial charge in [0.2, 0.25) is 0 Å². The second-order valence-electron chi connectivity index (χ2n) is 4.97. The fourth-order valence-electron chi connectivity index (χ4n) is 2.55. The van der Waals surface area contributed by atoms with Crippen LogP contribution in [0.4, 0.5) is 0 Å². The summed E-state index contributed by atoms with van der Waals surface area (Å²) >= 11 is 3.51. The molecule has 1 aliphatic carbocycles. The lowest BCUT2D eigenvalue weighted by molar-refractivity contribution is 0.509. The van der Waals surface area contributed by atoms with E-state index in [4.69, 9.17) is 5.26 Å². The Morgan fingerprint density at radius 3 is 3.26 bits per heavy atom. The van der Waals surface area contributed by atoms with Crippen LogP contribution in [0.2, 0.25) is 0 Å². The van der Waals surface area contributed by atoms with Crippen molar-refractivity contribution < 1.29 is 0 Å². The number of hydrogen-bond acceptors (Lipinski definition) is 5. The lowest BCUT2D eigenvalue weighted by atomic mass is 9.89. The summed E-state index contributed by atoms with van der Waals surface area (Å²) in [4.78, 5) is 11.5. The predicted octanol–water partition coefficient (Wildman–Crippen LogP) is 3.82. The van der Waals surface area contributed by atoms with E-state index in [1.165, 1.54) is 28.7 Å². The first kappa shape index (κ1) is 12.9. The zero-order chi connectivity index (χ0) is 13.2. The van der Waals surface area contributed by atoms with Gasteiger partial charge < -0.3 is 0 Å². The van der Waals surface area contributed by atoms with Gasteiger partial charge in [-0.3, -0.25) is 0 Å². The van der Waals surface area contributed by atoms with Gasteiger partial charge in [0.1, 0.15) is 16.2 Å². The van der Waals surface area contributed by atoms with Crippen molar-refractivity contribution in [3.05, 3.63) is 16.8 Å². The predicted molar refractivity (Wildman–Crippen MR) is 79.6 cm³/mol. The third kappa shape index (κ3) is 2.47. The molecular weight excluding hydrogens is 274 g/mol. The van der Waals surface area contributed by atoms with Gasteiger partial charge in [0.05, 0.1) is 6.07 Å². The molecule has 2 aromatic rings. The van der Waals surface area contributed by atoms with E-state index < -0.39 is 0 Å². The van der Waals surface area contributed by atoms with Crippen LogP contribution in [0.3, 0.4) is 0 Å². The van der Waals surface area contributed by atoms with Crippen LogP contribution in [-0.2, 0) is 12.8 Å². The van der Waals surface area contributed by atoms with Gasteiger partial charge >= 0.3 is 0 Å². The number of thioether (sulfide) groups is 1. The molecule has 5 heteroatoms. The van der Waals surface area contributed by atoms with E-state index in [-0.39, 0.29) is 0 Å². The Balaban J connectivity index is 2.01. The quantitative estimate of drug-likeness (QED) is 0.489. The van der Waals surface area contributed by atoms with Gasteiger partial charge in [0, 0.05) is 22.4 Å². The lowest BCUT2D eigenvalue weighted by Crippen LogP contribution is -2.08. The first-order chi connectivity index (χ1) is 9.29. The average Bonchev–Trinajstić information content (AvgIpc) is 2.77. The monoisotopic (exact) mass is 289 g/mol. The Morgan fingerprint density at radius 1 is 1.53 bits per heavy atom. The van der Waals surface area contributed by atoms with Gasteiger partial charge in [-0.2, -0.15) is 5.26 Å². The molecule has 1 aliphatic rings. The number of nitriles is 1. The molecule has 0 N–H and O–H groups in total. The first-order valence-electron chi connectivity index (χ1n) is 6.54. The van der Waals surface area contributed by atoms with Crippen LogP contribution < -0.4 is 0 Å². The summed E-state index contributed by atoms with van der Waals surface area (Å²) in [5.74, 6) is 1.59. The van der Waals surface area contributed by atoms with Gasteiger partial charge in [-0.25, -0.2) is 9.97 Å². The molecule has 0 amide bonds. The molecule has 0 saturated carbocycles. The molecule has 1 unspecified atom stereocenters. The number of hydrogen-bond donors (Lipinski definition) is 0. The summed E-state index contributed by atoms with van der Waals surface area (Å²) < 4.78 is 0. The Bertz CT molecular complexity index is 642. The van der Waals surface area contributed by atoms with Crippen LogP contribution >= 0.6 is 23.1 Å². The van der Waals surface area contributed by atoms with Crippen molar-refractivity contribution in [3.8, 4) is 6.07 Å². The number of nitrogens with zero attached hydrogens (tertiary/aromatic N) is 3. The highest BCUT2D eigenvalue weighted by atomic mass is 32.2. The maximum Gasteiger partial charge on any atom is 0.128 e. The van der Waals surface area contributed by atoms with Crippen LogP contribution in [0.15, 0.2) is 11.4 Å². The van der Waals surface area contributed by atoms with Gasteiger partial charge in [-0.15, -0.1) is 23.1 Å². The lowest BCUT2D eigenvalue weighted by Gasteiger charge is -2.18. The number of aromatic nitrogens is 2. The van der Waals surface area contributed by atoms with Gasteiger partial charge in [-0.1, -0.05) is 6.92 Å². The normalized spacial score (nSPS) is 18.2. The minimum Gasteiger partial charge on any atom is -0.229 e. The molecule has 0 saturated heterocycles. The first-order valence-corrected chi connectivity index (χ1v) is 8.34. The van der Waals surface area contributed by atoms with Crippen molar-refractivity contribution in [1.82, 2.24) is 9.97 Å². The molecule has 3 rings (SSSR count). The smallest absolute Gasteiger partial charge is 0.128 e. The number of aryl methyl sites for hydroxylation is 1. The van der Waals surface area contributed by atoms with E-state index >= 15 is 0 Å². The van der Waals surface area contributed by atoms with Crippen LogP contribution in [0, 0.1) is 17.2 Å². The van der Waals surface area contributed by atoms with E-state index in [1.807, 2.05) is 11.3 Å². The summed E-state index contributed by atoms with van der Waals surface area (Å²) in [6.07, 6.45) is 5.81. The molecule has 0 spiro atoms. The van der Waals surface area contributed by atoms with Gasteiger partial charge in [0.25, 0.3) is 0 Å². The van der Waals surface area contributed by atoms with Crippen LogP contribution in [0.5, 0.6) is 0 Å². The molecule has 1 atom stereocenters. The molecule has 0 radical (unpaired) electrons. The summed E-state index contributed by atoms with van der Waals surface area (Å²) in [6, 6.07) is 2.19. The van der Waals surface area contributed by atoms with Crippen molar-refractivity contribution in [2.75, 3.05) is 5.75 Å². The SMILES string of the molecule is CC1CCc2c(sc3ncnc(SCCC#N)c23)C1. The molecule has 0 aliphatic heterocycles. The van der Waals surface area contributed by atoms with E-state index in [0.29, 0.717) is 6.42 Å². The van der Waals surface area contributed by atoms with E-state index in [2.05, 4.69) is 23.0 Å². The maximum atomic E-state index is 8.64. The van der Waals surface area contributed by atoms with Crippen LogP contribution in [0.1, 0.15) is 30.2 Å². The van der Waals surface area contributed by atoms with E-state index in [9.17, 15) is 0 Å². The summed E-state index contributed by atoms with van der Waals surface area (Å²) in [5, 5.41) is 11.0. The number of fused-ring (bicyclic) bond motifs is 3. The Labute approximate surface area is 121 Å². The zero-order valence-corrected chi connectivity index (χ0v) is 12.5. The van der Waals surface area contributed by atoms with Gasteiger partial charge in [-0.05, 0) is 30.7 Å². The third-order valence-corrected chi connectivity index (χ3v) is 5.66. The molecule has 19 heavy (non-hydrogen) atoms. The molecule has 0 aromatic carbocycles. The molecular formula is C14H15N3S2. The van der Waals surface area contributed by atoms with Crippen LogP contribution in [0.25, 0.3) is 10.2 Å². The van der Waals surface area contributed by atoms with Crippen molar-refractivity contribution in [2.24, 2.45) is 5.92 Å². The largest absolute Gasteiger partial charge is 0.229 e.